The number of nitriles is 1. The van der Waals surface area contributed by atoms with E-state index in [1.54, 1.807) is 12.1 Å². The van der Waals surface area contributed by atoms with E-state index in [4.69, 9.17) is 5.26 Å². The van der Waals surface area contributed by atoms with Crippen LogP contribution in [0.1, 0.15) is 5.56 Å². The first-order valence-electron chi connectivity index (χ1n) is 4.52. The Morgan fingerprint density at radius 3 is 2.38 bits per heavy atom. The summed E-state index contributed by atoms with van der Waals surface area (Å²) in [4.78, 5) is 3.80. The second-order valence-corrected chi connectivity index (χ2v) is 3.13. The Bertz CT molecular complexity index is 559. The number of hydrogen-bond acceptors (Lipinski definition) is 2. The van der Waals surface area contributed by atoms with Crippen LogP contribution in [0.25, 0.3) is 11.1 Å². The Kier molecular flexibility index (Phi) is 2.61. The van der Waals surface area contributed by atoms with Crippen LogP contribution in [0.5, 0.6) is 0 Å². The van der Waals surface area contributed by atoms with Crippen LogP contribution in [-0.4, -0.2) is 4.98 Å². The van der Waals surface area contributed by atoms with Gasteiger partial charge in [-0.05, 0) is 29.8 Å². The molecule has 0 saturated carbocycles. The summed E-state index contributed by atoms with van der Waals surface area (Å²) < 4.78 is 26.8. The standard InChI is InChI=1S/C12H6F2N2/c13-11-2-1-9(12(14)10(11)7-15)8-3-5-16-6-4-8/h1-6H. The average Bonchev–Trinajstić information content (AvgIpc) is 2.31. The average molecular weight is 216 g/mol. The SMILES string of the molecule is N#Cc1c(F)ccc(-c2ccncc2)c1F. The van der Waals surface area contributed by atoms with E-state index in [-0.39, 0.29) is 5.56 Å². The molecule has 0 amide bonds. The minimum Gasteiger partial charge on any atom is -0.265 e. The maximum absolute atomic E-state index is 13.7. The maximum atomic E-state index is 13.7. The number of aromatic nitrogens is 1. The van der Waals surface area contributed by atoms with E-state index in [0.29, 0.717) is 5.56 Å². The second-order valence-electron chi connectivity index (χ2n) is 3.13. The Morgan fingerprint density at radius 1 is 1.06 bits per heavy atom. The molecule has 0 aliphatic rings. The fourth-order valence-electron chi connectivity index (χ4n) is 1.41. The van der Waals surface area contributed by atoms with Crippen LogP contribution in [0.2, 0.25) is 0 Å². The number of benzene rings is 1. The monoisotopic (exact) mass is 216 g/mol. The molecule has 78 valence electrons. The summed E-state index contributed by atoms with van der Waals surface area (Å²) in [6.07, 6.45) is 3.01. The molecule has 2 aromatic rings. The third-order valence-corrected chi connectivity index (χ3v) is 2.19. The van der Waals surface area contributed by atoms with Crippen LogP contribution in [-0.2, 0) is 0 Å². The molecule has 0 aliphatic heterocycles. The molecule has 0 spiro atoms. The molecular formula is C12H6F2N2. The second kappa shape index (κ2) is 4.07. The van der Waals surface area contributed by atoms with Gasteiger partial charge in [-0.2, -0.15) is 5.26 Å². The van der Waals surface area contributed by atoms with Crippen molar-refractivity contribution in [3.8, 4) is 17.2 Å². The molecule has 1 aromatic heterocycles. The Morgan fingerprint density at radius 2 is 1.75 bits per heavy atom. The summed E-state index contributed by atoms with van der Waals surface area (Å²) in [6.45, 7) is 0. The smallest absolute Gasteiger partial charge is 0.151 e. The third-order valence-electron chi connectivity index (χ3n) is 2.19. The molecule has 1 aromatic carbocycles. The van der Waals surface area contributed by atoms with Gasteiger partial charge in [-0.25, -0.2) is 8.78 Å². The fourth-order valence-corrected chi connectivity index (χ4v) is 1.41. The van der Waals surface area contributed by atoms with Gasteiger partial charge < -0.3 is 0 Å². The summed E-state index contributed by atoms with van der Waals surface area (Å²) >= 11 is 0. The normalized spacial score (nSPS) is 9.81. The summed E-state index contributed by atoms with van der Waals surface area (Å²) in [5, 5.41) is 8.63. The highest BCUT2D eigenvalue weighted by atomic mass is 19.1. The van der Waals surface area contributed by atoms with Gasteiger partial charge in [0.2, 0.25) is 0 Å². The van der Waals surface area contributed by atoms with Crippen molar-refractivity contribution in [1.82, 2.24) is 4.98 Å². The van der Waals surface area contributed by atoms with E-state index >= 15 is 0 Å². The first-order valence-corrected chi connectivity index (χ1v) is 4.52. The van der Waals surface area contributed by atoms with Crippen molar-refractivity contribution < 1.29 is 8.78 Å². The maximum Gasteiger partial charge on any atom is 0.151 e. The molecular weight excluding hydrogens is 210 g/mol. The van der Waals surface area contributed by atoms with Gasteiger partial charge in [0.1, 0.15) is 17.4 Å². The molecule has 2 rings (SSSR count). The van der Waals surface area contributed by atoms with Crippen LogP contribution in [0.4, 0.5) is 8.78 Å². The molecule has 0 unspecified atom stereocenters. The van der Waals surface area contributed by atoms with Crippen molar-refractivity contribution in [1.29, 1.82) is 5.26 Å². The van der Waals surface area contributed by atoms with E-state index < -0.39 is 17.2 Å². The van der Waals surface area contributed by atoms with E-state index in [2.05, 4.69) is 4.98 Å². The Labute approximate surface area is 90.8 Å². The highest BCUT2D eigenvalue weighted by Gasteiger charge is 2.13. The van der Waals surface area contributed by atoms with Gasteiger partial charge >= 0.3 is 0 Å². The first-order chi connectivity index (χ1) is 7.74. The highest BCUT2D eigenvalue weighted by molar-refractivity contribution is 5.65. The van der Waals surface area contributed by atoms with Crippen LogP contribution < -0.4 is 0 Å². The van der Waals surface area contributed by atoms with Gasteiger partial charge in [-0.1, -0.05) is 0 Å². The number of halogens is 2. The number of rotatable bonds is 1. The molecule has 0 fully saturated rings. The van der Waals surface area contributed by atoms with E-state index in [9.17, 15) is 8.78 Å². The van der Waals surface area contributed by atoms with Crippen molar-refractivity contribution in [3.63, 3.8) is 0 Å². The van der Waals surface area contributed by atoms with Gasteiger partial charge in [0.25, 0.3) is 0 Å². The summed E-state index contributed by atoms with van der Waals surface area (Å²) in [5.74, 6) is -1.69. The zero-order chi connectivity index (χ0) is 11.5. The minimum atomic E-state index is -0.849. The quantitative estimate of drug-likeness (QED) is 0.734. The van der Waals surface area contributed by atoms with Crippen molar-refractivity contribution in [2.75, 3.05) is 0 Å². The molecule has 0 radical (unpaired) electrons. The topological polar surface area (TPSA) is 36.7 Å². The molecule has 0 N–H and O–H groups in total. The summed E-state index contributed by atoms with van der Waals surface area (Å²) in [6, 6.07) is 7.08. The lowest BCUT2D eigenvalue weighted by Gasteiger charge is -2.04. The zero-order valence-electron chi connectivity index (χ0n) is 8.11. The predicted octanol–water partition coefficient (Wildman–Crippen LogP) is 2.90. The lowest BCUT2D eigenvalue weighted by Crippen LogP contribution is -1.93. The number of nitrogens with zero attached hydrogens (tertiary/aromatic N) is 2. The Balaban J connectivity index is 2.65. The van der Waals surface area contributed by atoms with Gasteiger partial charge in [-0.3, -0.25) is 4.98 Å². The number of hydrogen-bond donors (Lipinski definition) is 0. The summed E-state index contributed by atoms with van der Waals surface area (Å²) in [7, 11) is 0. The van der Waals surface area contributed by atoms with Crippen molar-refractivity contribution in [2.45, 2.75) is 0 Å². The lowest BCUT2D eigenvalue weighted by molar-refractivity contribution is 0.579. The molecule has 4 heteroatoms. The lowest BCUT2D eigenvalue weighted by atomic mass is 10.0. The minimum absolute atomic E-state index is 0.195. The Hall–Kier alpha value is -2.28. The van der Waals surface area contributed by atoms with Crippen LogP contribution in [0.15, 0.2) is 36.7 Å². The van der Waals surface area contributed by atoms with Crippen molar-refractivity contribution in [3.05, 3.63) is 53.9 Å². The molecule has 0 saturated heterocycles. The highest BCUT2D eigenvalue weighted by Crippen LogP contribution is 2.25. The molecule has 0 bridgehead atoms. The van der Waals surface area contributed by atoms with Gasteiger partial charge in [0.15, 0.2) is 5.82 Å². The molecule has 1 heterocycles. The van der Waals surface area contributed by atoms with E-state index in [1.165, 1.54) is 24.5 Å². The fraction of sp³-hybridized carbons (Fsp3) is 0. The van der Waals surface area contributed by atoms with Crippen LogP contribution >= 0.6 is 0 Å². The predicted molar refractivity (Wildman–Crippen MR) is 54.3 cm³/mol. The van der Waals surface area contributed by atoms with Gasteiger partial charge in [-0.15, -0.1) is 0 Å². The van der Waals surface area contributed by atoms with Crippen LogP contribution in [0, 0.1) is 23.0 Å². The molecule has 16 heavy (non-hydrogen) atoms. The van der Waals surface area contributed by atoms with Crippen molar-refractivity contribution in [2.24, 2.45) is 0 Å². The molecule has 0 aliphatic carbocycles. The van der Waals surface area contributed by atoms with Crippen LogP contribution in [0.3, 0.4) is 0 Å². The van der Waals surface area contributed by atoms with Gasteiger partial charge in [0, 0.05) is 18.0 Å². The third kappa shape index (κ3) is 1.63. The molecule has 2 nitrogen and oxygen atoms in total. The largest absolute Gasteiger partial charge is 0.265 e. The number of pyridine rings is 1. The first kappa shape index (κ1) is 10.2. The van der Waals surface area contributed by atoms with Gasteiger partial charge in [0.05, 0.1) is 0 Å². The zero-order valence-corrected chi connectivity index (χ0v) is 8.11. The van der Waals surface area contributed by atoms with Crippen molar-refractivity contribution >= 4 is 0 Å². The summed E-state index contributed by atoms with van der Waals surface area (Å²) in [5.41, 5.74) is 0.193. The van der Waals surface area contributed by atoms with E-state index in [1.807, 2.05) is 0 Å². The van der Waals surface area contributed by atoms with E-state index in [0.717, 1.165) is 6.07 Å². The molecule has 0 atom stereocenters.